The zero-order valence-electron chi connectivity index (χ0n) is 10.4. The molecule has 1 aromatic heterocycles. The quantitative estimate of drug-likeness (QED) is 0.817. The van der Waals surface area contributed by atoms with Crippen molar-refractivity contribution in [3.8, 4) is 0 Å². The summed E-state index contributed by atoms with van der Waals surface area (Å²) < 4.78 is 0. The minimum Gasteiger partial charge on any atom is -0.351 e. The summed E-state index contributed by atoms with van der Waals surface area (Å²) >= 11 is 5.65. The molecule has 0 aliphatic carbocycles. The van der Waals surface area contributed by atoms with Gasteiger partial charge in [-0.1, -0.05) is 11.6 Å². The molecule has 0 aliphatic heterocycles. The van der Waals surface area contributed by atoms with Gasteiger partial charge >= 0.3 is 0 Å². The van der Waals surface area contributed by atoms with Gasteiger partial charge in [0.2, 0.25) is 0 Å². The monoisotopic (exact) mass is 255 g/mol. The van der Waals surface area contributed by atoms with E-state index < -0.39 is 0 Å². The van der Waals surface area contributed by atoms with Gasteiger partial charge < -0.3 is 10.2 Å². The molecule has 94 valence electrons. The second-order valence-corrected chi connectivity index (χ2v) is 4.59. The van der Waals surface area contributed by atoms with Crippen LogP contribution in [0.5, 0.6) is 0 Å². The average molecular weight is 256 g/mol. The normalized spacial score (nSPS) is 10.9. The van der Waals surface area contributed by atoms with Gasteiger partial charge in [-0.3, -0.25) is 4.79 Å². The lowest BCUT2D eigenvalue weighted by Gasteiger charge is -2.20. The van der Waals surface area contributed by atoms with Crippen LogP contribution in [-0.4, -0.2) is 42.0 Å². The summed E-state index contributed by atoms with van der Waals surface area (Å²) in [5.74, 6) is -0.119. The van der Waals surface area contributed by atoms with Crippen molar-refractivity contribution in [2.24, 2.45) is 0 Å². The number of hydrogen-bond acceptors (Lipinski definition) is 3. The van der Waals surface area contributed by atoms with Crippen molar-refractivity contribution < 1.29 is 4.79 Å². The van der Waals surface area contributed by atoms with Crippen molar-refractivity contribution in [2.45, 2.75) is 19.9 Å². The molecule has 0 radical (unpaired) electrons. The third-order valence-electron chi connectivity index (χ3n) is 2.62. The van der Waals surface area contributed by atoms with E-state index in [1.807, 2.05) is 7.05 Å². The summed E-state index contributed by atoms with van der Waals surface area (Å²) in [6.07, 6.45) is 1.48. The second-order valence-electron chi connectivity index (χ2n) is 4.20. The summed E-state index contributed by atoms with van der Waals surface area (Å²) in [6, 6.07) is 3.75. The van der Waals surface area contributed by atoms with Gasteiger partial charge in [0.15, 0.2) is 0 Å². The number of nitrogens with one attached hydrogen (secondary N) is 1. The zero-order valence-corrected chi connectivity index (χ0v) is 11.2. The summed E-state index contributed by atoms with van der Waals surface area (Å²) in [4.78, 5) is 17.7. The van der Waals surface area contributed by atoms with Gasteiger partial charge in [-0.25, -0.2) is 4.98 Å². The molecule has 0 unspecified atom stereocenters. The summed E-state index contributed by atoms with van der Waals surface area (Å²) in [6.45, 7) is 5.68. The molecule has 17 heavy (non-hydrogen) atoms. The van der Waals surface area contributed by atoms with Crippen molar-refractivity contribution in [3.05, 3.63) is 29.0 Å². The Labute approximate surface area is 107 Å². The van der Waals surface area contributed by atoms with E-state index in [2.05, 4.69) is 29.0 Å². The molecule has 0 saturated heterocycles. The highest BCUT2D eigenvalue weighted by atomic mass is 35.5. The van der Waals surface area contributed by atoms with Gasteiger partial charge in [0, 0.05) is 25.3 Å². The fraction of sp³-hybridized carbons (Fsp3) is 0.500. The fourth-order valence-corrected chi connectivity index (χ4v) is 1.33. The Morgan fingerprint density at radius 3 is 2.76 bits per heavy atom. The molecule has 5 heteroatoms. The first-order valence-corrected chi connectivity index (χ1v) is 5.98. The molecule has 1 rings (SSSR count). The van der Waals surface area contributed by atoms with E-state index in [0.29, 0.717) is 23.3 Å². The van der Waals surface area contributed by atoms with Crippen LogP contribution in [-0.2, 0) is 0 Å². The van der Waals surface area contributed by atoms with Crippen LogP contribution in [0.4, 0.5) is 0 Å². The molecule has 0 spiro atoms. The van der Waals surface area contributed by atoms with E-state index in [1.165, 1.54) is 6.20 Å². The Morgan fingerprint density at radius 2 is 2.24 bits per heavy atom. The van der Waals surface area contributed by atoms with Gasteiger partial charge in [0.25, 0.3) is 5.91 Å². The first kappa shape index (κ1) is 13.9. The van der Waals surface area contributed by atoms with E-state index in [9.17, 15) is 4.79 Å². The van der Waals surface area contributed by atoms with Crippen LogP contribution in [0.2, 0.25) is 5.15 Å². The van der Waals surface area contributed by atoms with E-state index in [1.54, 1.807) is 12.1 Å². The van der Waals surface area contributed by atoms with Crippen LogP contribution in [0.25, 0.3) is 0 Å². The molecule has 0 saturated carbocycles. The fourth-order valence-electron chi connectivity index (χ4n) is 1.22. The maximum atomic E-state index is 11.7. The first-order chi connectivity index (χ1) is 8.00. The maximum absolute atomic E-state index is 11.7. The minimum absolute atomic E-state index is 0.119. The van der Waals surface area contributed by atoms with Crippen LogP contribution < -0.4 is 5.32 Å². The molecule has 0 atom stereocenters. The molecular formula is C12H18ClN3O. The van der Waals surface area contributed by atoms with E-state index in [0.717, 1.165) is 6.54 Å². The highest BCUT2D eigenvalue weighted by molar-refractivity contribution is 6.29. The molecule has 1 N–H and O–H groups in total. The van der Waals surface area contributed by atoms with E-state index in [4.69, 9.17) is 11.6 Å². The summed E-state index contributed by atoms with van der Waals surface area (Å²) in [5, 5.41) is 3.23. The Kier molecular flexibility index (Phi) is 5.38. The Morgan fingerprint density at radius 1 is 1.53 bits per heavy atom. The number of nitrogens with zero attached hydrogens (tertiary/aromatic N) is 2. The smallest absolute Gasteiger partial charge is 0.252 e. The average Bonchev–Trinajstić information content (AvgIpc) is 2.29. The Bertz CT molecular complexity index is 365. The zero-order chi connectivity index (χ0) is 12.8. The lowest BCUT2D eigenvalue weighted by atomic mass is 10.2. The SMILES string of the molecule is CC(C)N(C)CCNC(=O)c1ccc(Cl)nc1. The van der Waals surface area contributed by atoms with Gasteiger partial charge in [0.1, 0.15) is 5.15 Å². The van der Waals surface area contributed by atoms with Crippen LogP contribution in [0, 0.1) is 0 Å². The van der Waals surface area contributed by atoms with Crippen LogP contribution in [0.1, 0.15) is 24.2 Å². The molecule has 0 aliphatic rings. The molecule has 1 heterocycles. The molecule has 4 nitrogen and oxygen atoms in total. The third kappa shape index (κ3) is 4.71. The summed E-state index contributed by atoms with van der Waals surface area (Å²) in [5.41, 5.74) is 0.529. The lowest BCUT2D eigenvalue weighted by molar-refractivity contribution is 0.0947. The number of hydrogen-bond donors (Lipinski definition) is 1. The van der Waals surface area contributed by atoms with Gasteiger partial charge in [-0.15, -0.1) is 0 Å². The number of aromatic nitrogens is 1. The molecule has 0 bridgehead atoms. The maximum Gasteiger partial charge on any atom is 0.252 e. The molecule has 1 aromatic rings. The molecule has 0 fully saturated rings. The van der Waals surface area contributed by atoms with E-state index in [-0.39, 0.29) is 5.91 Å². The Hall–Kier alpha value is -1.13. The van der Waals surface area contributed by atoms with Gasteiger partial charge in [-0.2, -0.15) is 0 Å². The van der Waals surface area contributed by atoms with Crippen LogP contribution in [0.15, 0.2) is 18.3 Å². The van der Waals surface area contributed by atoms with Gasteiger partial charge in [-0.05, 0) is 33.0 Å². The second kappa shape index (κ2) is 6.57. The minimum atomic E-state index is -0.119. The van der Waals surface area contributed by atoms with Crippen LogP contribution >= 0.6 is 11.6 Å². The summed E-state index contributed by atoms with van der Waals surface area (Å²) in [7, 11) is 2.03. The topological polar surface area (TPSA) is 45.2 Å². The highest BCUT2D eigenvalue weighted by Crippen LogP contribution is 2.04. The van der Waals surface area contributed by atoms with Crippen molar-refractivity contribution in [2.75, 3.05) is 20.1 Å². The number of likely N-dealkylation sites (N-methyl/N-ethyl adjacent to an activating group) is 1. The number of pyridine rings is 1. The largest absolute Gasteiger partial charge is 0.351 e. The standard InChI is InChI=1S/C12H18ClN3O/c1-9(2)16(3)7-6-14-12(17)10-4-5-11(13)15-8-10/h4-5,8-9H,6-7H2,1-3H3,(H,14,17). The molecule has 1 amide bonds. The number of halogens is 1. The number of amides is 1. The first-order valence-electron chi connectivity index (χ1n) is 5.60. The van der Waals surface area contributed by atoms with Crippen molar-refractivity contribution in [3.63, 3.8) is 0 Å². The van der Waals surface area contributed by atoms with Gasteiger partial charge in [0.05, 0.1) is 5.56 Å². The number of carbonyl (C=O) groups is 1. The number of carbonyl (C=O) groups excluding carboxylic acids is 1. The lowest BCUT2D eigenvalue weighted by Crippen LogP contribution is -2.36. The predicted molar refractivity (Wildman–Crippen MR) is 69.3 cm³/mol. The third-order valence-corrected chi connectivity index (χ3v) is 2.84. The molecular weight excluding hydrogens is 238 g/mol. The Balaban J connectivity index is 2.37. The predicted octanol–water partition coefficient (Wildman–Crippen LogP) is 1.81. The van der Waals surface area contributed by atoms with Crippen molar-refractivity contribution >= 4 is 17.5 Å². The van der Waals surface area contributed by atoms with E-state index >= 15 is 0 Å². The highest BCUT2D eigenvalue weighted by Gasteiger charge is 2.07. The number of rotatable bonds is 5. The van der Waals surface area contributed by atoms with Crippen LogP contribution in [0.3, 0.4) is 0 Å². The van der Waals surface area contributed by atoms with Crippen molar-refractivity contribution in [1.29, 1.82) is 0 Å². The molecule has 0 aromatic carbocycles. The van der Waals surface area contributed by atoms with Crippen molar-refractivity contribution in [1.82, 2.24) is 15.2 Å².